The molecule has 6 nitrogen and oxygen atoms in total. The topological polar surface area (TPSA) is 69.3 Å². The average Bonchev–Trinajstić information content (AvgIpc) is 3.15. The SMILES string of the molecule is CC(C)c1ccccc1-n1c(=O)c2ccccc2n2c(SCC(=O)C(C)(C)C)nnc12. The molecule has 0 atom stereocenters. The highest BCUT2D eigenvalue weighted by Gasteiger charge is 2.24. The molecule has 2 heterocycles. The van der Waals surface area contributed by atoms with E-state index in [0.717, 1.165) is 16.8 Å². The lowest BCUT2D eigenvalue weighted by molar-refractivity contribution is -0.123. The Balaban J connectivity index is 1.99. The Kier molecular flexibility index (Phi) is 5.47. The van der Waals surface area contributed by atoms with E-state index in [1.807, 2.05) is 73.7 Å². The lowest BCUT2D eigenvalue weighted by Gasteiger charge is -2.17. The highest BCUT2D eigenvalue weighted by molar-refractivity contribution is 7.99. The zero-order valence-electron chi connectivity index (χ0n) is 18.4. The molecule has 0 fully saturated rings. The first-order valence-electron chi connectivity index (χ1n) is 10.3. The van der Waals surface area contributed by atoms with Gasteiger partial charge < -0.3 is 0 Å². The van der Waals surface area contributed by atoms with Gasteiger partial charge in [-0.25, -0.2) is 4.57 Å². The minimum Gasteiger partial charge on any atom is -0.298 e. The summed E-state index contributed by atoms with van der Waals surface area (Å²) < 4.78 is 3.52. The molecule has 4 aromatic rings. The number of rotatable bonds is 5. The Labute approximate surface area is 185 Å². The van der Waals surface area contributed by atoms with Gasteiger partial charge in [0.05, 0.1) is 22.3 Å². The molecule has 0 bridgehead atoms. The van der Waals surface area contributed by atoms with E-state index < -0.39 is 5.41 Å². The minimum atomic E-state index is -0.423. The fraction of sp³-hybridized carbons (Fsp3) is 0.333. The Morgan fingerprint density at radius 1 is 1.03 bits per heavy atom. The number of para-hydroxylation sites is 2. The number of fused-ring (bicyclic) bond motifs is 3. The van der Waals surface area contributed by atoms with Crippen LogP contribution in [0.3, 0.4) is 0 Å². The van der Waals surface area contributed by atoms with Crippen LogP contribution in [0.1, 0.15) is 46.1 Å². The van der Waals surface area contributed by atoms with Crippen molar-refractivity contribution in [2.24, 2.45) is 5.41 Å². The Hall–Kier alpha value is -2.93. The molecule has 0 aliphatic rings. The maximum atomic E-state index is 13.5. The van der Waals surface area contributed by atoms with Crippen molar-refractivity contribution in [2.45, 2.75) is 45.7 Å². The van der Waals surface area contributed by atoms with E-state index in [-0.39, 0.29) is 17.3 Å². The van der Waals surface area contributed by atoms with Crippen LogP contribution in [0.5, 0.6) is 0 Å². The van der Waals surface area contributed by atoms with E-state index >= 15 is 0 Å². The lowest BCUT2D eigenvalue weighted by Crippen LogP contribution is -2.23. The summed E-state index contributed by atoms with van der Waals surface area (Å²) in [6, 6.07) is 15.3. The number of nitrogens with zero attached hydrogens (tertiary/aromatic N) is 4. The smallest absolute Gasteiger partial charge is 0.267 e. The summed E-state index contributed by atoms with van der Waals surface area (Å²) in [5.74, 6) is 1.11. The van der Waals surface area contributed by atoms with Gasteiger partial charge in [-0.15, -0.1) is 10.2 Å². The highest BCUT2D eigenvalue weighted by Crippen LogP contribution is 2.28. The maximum Gasteiger partial charge on any atom is 0.267 e. The van der Waals surface area contributed by atoms with Gasteiger partial charge in [0.1, 0.15) is 5.78 Å². The highest BCUT2D eigenvalue weighted by atomic mass is 32.2. The fourth-order valence-electron chi connectivity index (χ4n) is 3.52. The van der Waals surface area contributed by atoms with Crippen LogP contribution in [-0.4, -0.2) is 30.7 Å². The molecule has 0 aliphatic heterocycles. The fourth-order valence-corrected chi connectivity index (χ4v) is 4.62. The van der Waals surface area contributed by atoms with E-state index in [2.05, 4.69) is 24.0 Å². The van der Waals surface area contributed by atoms with Crippen molar-refractivity contribution in [1.29, 1.82) is 0 Å². The standard InChI is InChI=1S/C24H26N4O2S/c1-15(2)16-10-6-8-12-18(16)27-21(30)17-11-7-9-13-19(17)28-22(27)25-26-23(28)31-14-20(29)24(3,4)5/h6-13,15H,14H2,1-5H3. The van der Waals surface area contributed by atoms with Gasteiger partial charge in [-0.1, -0.05) is 76.7 Å². The van der Waals surface area contributed by atoms with Crippen LogP contribution in [0.15, 0.2) is 58.5 Å². The summed E-state index contributed by atoms with van der Waals surface area (Å²) in [4.78, 5) is 26.0. The number of Topliss-reactive ketones (excluding diaryl/α,β-unsaturated/α-hetero) is 1. The van der Waals surface area contributed by atoms with E-state index in [1.54, 1.807) is 4.57 Å². The van der Waals surface area contributed by atoms with Crippen LogP contribution < -0.4 is 5.56 Å². The van der Waals surface area contributed by atoms with Crippen molar-refractivity contribution in [3.8, 4) is 5.69 Å². The molecular weight excluding hydrogens is 408 g/mol. The van der Waals surface area contributed by atoms with Crippen LogP contribution in [0, 0.1) is 5.41 Å². The largest absolute Gasteiger partial charge is 0.298 e. The molecule has 0 aliphatic carbocycles. The van der Waals surface area contributed by atoms with Crippen molar-refractivity contribution in [1.82, 2.24) is 19.2 Å². The number of benzene rings is 2. The molecule has 0 radical (unpaired) electrons. The molecule has 0 saturated carbocycles. The van der Waals surface area contributed by atoms with Crippen LogP contribution in [0.4, 0.5) is 0 Å². The molecule has 0 spiro atoms. The van der Waals surface area contributed by atoms with Crippen molar-refractivity contribution < 1.29 is 4.79 Å². The molecule has 0 unspecified atom stereocenters. The number of aromatic nitrogens is 4. The first kappa shape index (κ1) is 21.3. The van der Waals surface area contributed by atoms with E-state index in [9.17, 15) is 9.59 Å². The third kappa shape index (κ3) is 3.78. The third-order valence-electron chi connectivity index (χ3n) is 5.36. The maximum absolute atomic E-state index is 13.5. The van der Waals surface area contributed by atoms with Crippen molar-refractivity contribution in [2.75, 3.05) is 5.75 Å². The molecular formula is C24H26N4O2S. The molecule has 0 amide bonds. The van der Waals surface area contributed by atoms with Gasteiger partial charge in [-0.05, 0) is 29.7 Å². The third-order valence-corrected chi connectivity index (χ3v) is 6.29. The van der Waals surface area contributed by atoms with Gasteiger partial charge in [0.15, 0.2) is 5.16 Å². The summed E-state index contributed by atoms with van der Waals surface area (Å²) in [7, 11) is 0. The van der Waals surface area contributed by atoms with E-state index in [4.69, 9.17) is 0 Å². The van der Waals surface area contributed by atoms with Crippen LogP contribution >= 0.6 is 11.8 Å². The first-order valence-corrected chi connectivity index (χ1v) is 11.3. The predicted octanol–water partition coefficient (Wildman–Crippen LogP) is 4.86. The van der Waals surface area contributed by atoms with Crippen LogP contribution in [-0.2, 0) is 4.79 Å². The molecule has 31 heavy (non-hydrogen) atoms. The van der Waals surface area contributed by atoms with E-state index in [1.165, 1.54) is 11.8 Å². The van der Waals surface area contributed by atoms with Crippen LogP contribution in [0.2, 0.25) is 0 Å². The molecule has 2 aromatic heterocycles. The monoisotopic (exact) mass is 434 g/mol. The molecule has 0 N–H and O–H groups in total. The quantitative estimate of drug-likeness (QED) is 0.420. The molecule has 0 saturated heterocycles. The number of hydrogen-bond acceptors (Lipinski definition) is 5. The van der Waals surface area contributed by atoms with Gasteiger partial charge >= 0.3 is 0 Å². The first-order chi connectivity index (χ1) is 14.7. The Morgan fingerprint density at radius 2 is 1.71 bits per heavy atom. The summed E-state index contributed by atoms with van der Waals surface area (Å²) in [6.07, 6.45) is 0. The van der Waals surface area contributed by atoms with Gasteiger partial charge in [0.25, 0.3) is 5.56 Å². The van der Waals surface area contributed by atoms with Gasteiger partial charge in [0.2, 0.25) is 5.78 Å². The summed E-state index contributed by atoms with van der Waals surface area (Å²) in [5, 5.41) is 9.93. The molecule has 2 aromatic carbocycles. The summed E-state index contributed by atoms with van der Waals surface area (Å²) in [5.41, 5.74) is 2.03. The molecule has 7 heteroatoms. The van der Waals surface area contributed by atoms with Gasteiger partial charge in [0, 0.05) is 5.41 Å². The summed E-state index contributed by atoms with van der Waals surface area (Å²) in [6.45, 7) is 9.94. The zero-order chi connectivity index (χ0) is 22.3. The van der Waals surface area contributed by atoms with Crippen molar-refractivity contribution in [3.63, 3.8) is 0 Å². The average molecular weight is 435 g/mol. The number of ketones is 1. The van der Waals surface area contributed by atoms with Crippen molar-refractivity contribution in [3.05, 3.63) is 64.4 Å². The molecule has 4 rings (SSSR count). The number of thioether (sulfide) groups is 1. The van der Waals surface area contributed by atoms with E-state index in [0.29, 0.717) is 22.1 Å². The molecule has 160 valence electrons. The Morgan fingerprint density at radius 3 is 2.42 bits per heavy atom. The normalized spacial score (nSPS) is 12.2. The predicted molar refractivity (Wildman–Crippen MR) is 125 cm³/mol. The Bertz CT molecular complexity index is 1350. The lowest BCUT2D eigenvalue weighted by atomic mass is 9.92. The number of hydrogen-bond donors (Lipinski definition) is 0. The second-order valence-corrected chi connectivity index (χ2v) is 9.89. The van der Waals surface area contributed by atoms with Crippen molar-refractivity contribution >= 4 is 34.2 Å². The second kappa shape index (κ2) is 7.96. The van der Waals surface area contributed by atoms with Gasteiger partial charge in [-0.2, -0.15) is 0 Å². The van der Waals surface area contributed by atoms with Gasteiger partial charge in [-0.3, -0.25) is 14.0 Å². The number of carbonyl (C=O) groups excluding carboxylic acids is 1. The second-order valence-electron chi connectivity index (χ2n) is 8.95. The minimum absolute atomic E-state index is 0.133. The zero-order valence-corrected chi connectivity index (χ0v) is 19.2. The number of carbonyl (C=O) groups is 1. The van der Waals surface area contributed by atoms with Crippen LogP contribution in [0.25, 0.3) is 22.4 Å². The summed E-state index contributed by atoms with van der Waals surface area (Å²) >= 11 is 1.35.